The number of nitrogens with two attached hydrogens (primary N) is 1. The molecule has 1 amide bonds. The number of amides is 1. The first kappa shape index (κ1) is 23.9. The third kappa shape index (κ3) is 4.69. The average molecular weight is 467 g/mol. The van der Waals surface area contributed by atoms with Gasteiger partial charge in [-0.15, -0.1) is 0 Å². The standard InChI is InChI=1S/C26H28F2N4O2/c1-3-15-7-8-18(27)23(24(15)28)20-5-4-6-21(31-20)26(34)32-22-13-30-10-9-17(22)16-11-14(2)25(33)19(29)12-16/h4-10,13-14,16,19,25,33H,3,11-12,29H2,1-2H3,(H,32,34). The number of aryl methyl sites for hydroxylation is 1. The fourth-order valence-corrected chi connectivity index (χ4v) is 4.68. The van der Waals surface area contributed by atoms with Gasteiger partial charge in [-0.1, -0.05) is 26.0 Å². The predicted octanol–water partition coefficient (Wildman–Crippen LogP) is 4.44. The molecule has 2 aromatic heterocycles. The normalized spacial score (nSPS) is 22.4. The Morgan fingerprint density at radius 1 is 1.21 bits per heavy atom. The first-order valence-electron chi connectivity index (χ1n) is 11.4. The molecule has 8 heteroatoms. The van der Waals surface area contributed by atoms with Crippen molar-refractivity contribution in [1.82, 2.24) is 9.97 Å². The molecule has 3 aromatic rings. The van der Waals surface area contributed by atoms with Gasteiger partial charge in [-0.3, -0.25) is 9.78 Å². The number of aliphatic hydroxyl groups excluding tert-OH is 1. The molecule has 4 atom stereocenters. The summed E-state index contributed by atoms with van der Waals surface area (Å²) in [5.74, 6) is -1.86. The molecule has 4 N–H and O–H groups in total. The van der Waals surface area contributed by atoms with E-state index in [1.54, 1.807) is 25.4 Å². The van der Waals surface area contributed by atoms with Crippen molar-refractivity contribution in [2.45, 2.75) is 51.2 Å². The minimum atomic E-state index is -0.737. The lowest BCUT2D eigenvalue weighted by atomic mass is 9.74. The number of nitrogens with zero attached hydrogens (tertiary/aromatic N) is 2. The fraction of sp³-hybridized carbons (Fsp3) is 0.346. The Kier molecular flexibility index (Phi) is 7.00. The summed E-state index contributed by atoms with van der Waals surface area (Å²) in [6, 6.07) is 8.61. The first-order chi connectivity index (χ1) is 16.3. The first-order valence-corrected chi connectivity index (χ1v) is 11.4. The van der Waals surface area contributed by atoms with E-state index in [1.807, 2.05) is 13.0 Å². The van der Waals surface area contributed by atoms with Crippen LogP contribution in [-0.2, 0) is 6.42 Å². The summed E-state index contributed by atoms with van der Waals surface area (Å²) in [6.45, 7) is 3.74. The molecule has 0 aliphatic heterocycles. The molecule has 0 spiro atoms. The summed E-state index contributed by atoms with van der Waals surface area (Å²) in [7, 11) is 0. The quantitative estimate of drug-likeness (QED) is 0.516. The van der Waals surface area contributed by atoms with E-state index in [0.717, 1.165) is 12.0 Å². The Balaban J connectivity index is 1.61. The Labute approximate surface area is 197 Å². The molecule has 1 saturated carbocycles. The van der Waals surface area contributed by atoms with Crippen molar-refractivity contribution in [3.63, 3.8) is 0 Å². The van der Waals surface area contributed by atoms with Gasteiger partial charge >= 0.3 is 0 Å². The van der Waals surface area contributed by atoms with E-state index >= 15 is 0 Å². The molecule has 1 fully saturated rings. The summed E-state index contributed by atoms with van der Waals surface area (Å²) in [4.78, 5) is 21.4. The zero-order valence-corrected chi connectivity index (χ0v) is 19.1. The van der Waals surface area contributed by atoms with Crippen LogP contribution in [0.15, 0.2) is 48.8 Å². The summed E-state index contributed by atoms with van der Waals surface area (Å²) in [6.07, 6.45) is 4.36. The molecule has 2 heterocycles. The van der Waals surface area contributed by atoms with Crippen LogP contribution in [0.1, 0.15) is 54.2 Å². The molecule has 34 heavy (non-hydrogen) atoms. The van der Waals surface area contributed by atoms with Gasteiger partial charge < -0.3 is 16.2 Å². The van der Waals surface area contributed by atoms with Crippen LogP contribution in [-0.4, -0.2) is 33.1 Å². The number of anilines is 1. The van der Waals surface area contributed by atoms with Gasteiger partial charge in [0, 0.05) is 12.2 Å². The van der Waals surface area contributed by atoms with Gasteiger partial charge in [-0.2, -0.15) is 0 Å². The number of aromatic nitrogens is 2. The van der Waals surface area contributed by atoms with Gasteiger partial charge in [-0.05, 0) is 66.5 Å². The number of hydrogen-bond donors (Lipinski definition) is 3. The van der Waals surface area contributed by atoms with Crippen molar-refractivity contribution in [2.75, 3.05) is 5.32 Å². The third-order valence-electron chi connectivity index (χ3n) is 6.57. The molecule has 4 unspecified atom stereocenters. The zero-order valence-electron chi connectivity index (χ0n) is 19.1. The van der Waals surface area contributed by atoms with Crippen LogP contribution in [0, 0.1) is 17.6 Å². The maximum Gasteiger partial charge on any atom is 0.274 e. The van der Waals surface area contributed by atoms with Gasteiger partial charge in [0.15, 0.2) is 0 Å². The molecule has 178 valence electrons. The van der Waals surface area contributed by atoms with Crippen LogP contribution in [0.2, 0.25) is 0 Å². The van der Waals surface area contributed by atoms with E-state index in [-0.39, 0.29) is 34.8 Å². The fourth-order valence-electron chi connectivity index (χ4n) is 4.68. The topological polar surface area (TPSA) is 101 Å². The van der Waals surface area contributed by atoms with E-state index < -0.39 is 23.6 Å². The highest BCUT2D eigenvalue weighted by Gasteiger charge is 2.34. The highest BCUT2D eigenvalue weighted by molar-refractivity contribution is 6.03. The molecular formula is C26H28F2N4O2. The Hall–Kier alpha value is -3.23. The lowest BCUT2D eigenvalue weighted by molar-refractivity contribution is 0.0521. The smallest absolute Gasteiger partial charge is 0.274 e. The second-order valence-electron chi connectivity index (χ2n) is 8.87. The van der Waals surface area contributed by atoms with Crippen molar-refractivity contribution in [2.24, 2.45) is 11.7 Å². The van der Waals surface area contributed by atoms with Crippen molar-refractivity contribution in [1.29, 1.82) is 0 Å². The van der Waals surface area contributed by atoms with E-state index in [0.29, 0.717) is 24.1 Å². The van der Waals surface area contributed by atoms with Crippen LogP contribution in [0.3, 0.4) is 0 Å². The Morgan fingerprint density at radius 3 is 2.74 bits per heavy atom. The number of benzene rings is 1. The highest BCUT2D eigenvalue weighted by Crippen LogP contribution is 2.38. The van der Waals surface area contributed by atoms with Gasteiger partial charge in [0.25, 0.3) is 5.91 Å². The Morgan fingerprint density at radius 2 is 2.00 bits per heavy atom. The largest absolute Gasteiger partial charge is 0.391 e. The molecule has 0 bridgehead atoms. The molecular weight excluding hydrogens is 438 g/mol. The number of pyridine rings is 2. The maximum absolute atomic E-state index is 14.8. The number of aliphatic hydroxyl groups is 1. The van der Waals surface area contributed by atoms with Crippen molar-refractivity contribution in [3.05, 3.63) is 77.2 Å². The molecule has 0 saturated heterocycles. The minimum Gasteiger partial charge on any atom is -0.391 e. The van der Waals surface area contributed by atoms with Crippen LogP contribution in [0.25, 0.3) is 11.3 Å². The molecule has 6 nitrogen and oxygen atoms in total. The second-order valence-corrected chi connectivity index (χ2v) is 8.87. The van der Waals surface area contributed by atoms with Gasteiger partial charge in [0.05, 0.1) is 29.2 Å². The molecule has 4 rings (SSSR count). The second kappa shape index (κ2) is 9.95. The predicted molar refractivity (Wildman–Crippen MR) is 126 cm³/mol. The average Bonchev–Trinajstić information content (AvgIpc) is 2.83. The molecule has 0 radical (unpaired) electrons. The van der Waals surface area contributed by atoms with E-state index in [2.05, 4.69) is 15.3 Å². The molecule has 1 aliphatic rings. The van der Waals surface area contributed by atoms with E-state index in [9.17, 15) is 18.7 Å². The van der Waals surface area contributed by atoms with Crippen molar-refractivity contribution >= 4 is 11.6 Å². The summed E-state index contributed by atoms with van der Waals surface area (Å²) < 4.78 is 29.3. The summed E-state index contributed by atoms with van der Waals surface area (Å²) >= 11 is 0. The van der Waals surface area contributed by atoms with Crippen LogP contribution in [0.5, 0.6) is 0 Å². The monoisotopic (exact) mass is 466 g/mol. The maximum atomic E-state index is 14.8. The van der Waals surface area contributed by atoms with Crippen LogP contribution >= 0.6 is 0 Å². The third-order valence-corrected chi connectivity index (χ3v) is 6.57. The summed E-state index contributed by atoms with van der Waals surface area (Å²) in [5, 5.41) is 13.0. The number of rotatable bonds is 5. The molecule has 1 aliphatic carbocycles. The highest BCUT2D eigenvalue weighted by atomic mass is 19.1. The number of nitrogens with one attached hydrogen (secondary N) is 1. The van der Waals surface area contributed by atoms with Gasteiger partial charge in [-0.25, -0.2) is 13.8 Å². The molecule has 1 aromatic carbocycles. The van der Waals surface area contributed by atoms with Crippen molar-refractivity contribution in [3.8, 4) is 11.3 Å². The van der Waals surface area contributed by atoms with Gasteiger partial charge in [0.1, 0.15) is 17.3 Å². The minimum absolute atomic E-state index is 0.0208. The number of carbonyl (C=O) groups excluding carboxylic acids is 1. The Bertz CT molecular complexity index is 1190. The van der Waals surface area contributed by atoms with Crippen LogP contribution < -0.4 is 11.1 Å². The van der Waals surface area contributed by atoms with Crippen molar-refractivity contribution < 1.29 is 18.7 Å². The zero-order chi connectivity index (χ0) is 24.4. The van der Waals surface area contributed by atoms with E-state index in [1.165, 1.54) is 24.3 Å². The number of hydrogen-bond acceptors (Lipinski definition) is 5. The van der Waals surface area contributed by atoms with Gasteiger partial charge in [0.2, 0.25) is 0 Å². The SMILES string of the molecule is CCc1ccc(F)c(-c2cccc(C(=O)Nc3cnccc3C3CC(C)C(O)C(N)C3)n2)c1F. The van der Waals surface area contributed by atoms with Crippen LogP contribution in [0.4, 0.5) is 14.5 Å². The summed E-state index contributed by atoms with van der Waals surface area (Å²) in [5.41, 5.74) is 7.72. The number of halogens is 2. The van der Waals surface area contributed by atoms with E-state index in [4.69, 9.17) is 5.73 Å². The lowest BCUT2D eigenvalue weighted by Crippen LogP contribution is -2.44. The number of carbonyl (C=O) groups is 1. The lowest BCUT2D eigenvalue weighted by Gasteiger charge is -2.36.